The summed E-state index contributed by atoms with van der Waals surface area (Å²) >= 11 is 0. The van der Waals surface area contributed by atoms with Crippen molar-refractivity contribution in [3.05, 3.63) is 30.0 Å². The van der Waals surface area contributed by atoms with Crippen molar-refractivity contribution in [1.82, 2.24) is 9.78 Å². The lowest BCUT2D eigenvalue weighted by atomic mass is 9.94. The normalized spacial score (nSPS) is 13.9. The maximum absolute atomic E-state index is 6.26. The van der Waals surface area contributed by atoms with Gasteiger partial charge >= 0.3 is 0 Å². The molecule has 1 unspecified atom stereocenters. The van der Waals surface area contributed by atoms with Crippen LogP contribution in [0.15, 0.2) is 24.3 Å². The highest BCUT2D eigenvalue weighted by molar-refractivity contribution is 5.82. The van der Waals surface area contributed by atoms with Gasteiger partial charge in [0, 0.05) is 31.5 Å². The Morgan fingerprint density at radius 2 is 2.05 bits per heavy atom. The molecule has 0 fully saturated rings. The van der Waals surface area contributed by atoms with E-state index in [1.807, 2.05) is 30.7 Å². The lowest BCUT2D eigenvalue weighted by Gasteiger charge is -2.29. The Morgan fingerprint density at radius 3 is 2.68 bits per heavy atom. The van der Waals surface area contributed by atoms with Gasteiger partial charge in [0.2, 0.25) is 0 Å². The molecule has 0 aliphatic carbocycles. The van der Waals surface area contributed by atoms with Crippen molar-refractivity contribution in [1.29, 1.82) is 0 Å². The molecule has 0 saturated heterocycles. The number of aryl methyl sites for hydroxylation is 1. The first-order chi connectivity index (χ1) is 8.99. The number of nitrogens with two attached hydrogens (primary N) is 1. The second-order valence-electron chi connectivity index (χ2n) is 5.40. The Kier molecular flexibility index (Phi) is 3.92. The van der Waals surface area contributed by atoms with Crippen LogP contribution in [-0.4, -0.2) is 28.5 Å². The number of ether oxygens (including phenoxy) is 1. The minimum Gasteiger partial charge on any atom is -0.377 e. The molecule has 0 aliphatic heterocycles. The molecule has 1 aromatic heterocycles. The van der Waals surface area contributed by atoms with E-state index < -0.39 is 0 Å². The largest absolute Gasteiger partial charge is 0.377 e. The summed E-state index contributed by atoms with van der Waals surface area (Å²) in [6.07, 6.45) is 0.717. The van der Waals surface area contributed by atoms with Gasteiger partial charge < -0.3 is 10.5 Å². The summed E-state index contributed by atoms with van der Waals surface area (Å²) in [4.78, 5) is 0. The third-order valence-corrected chi connectivity index (χ3v) is 3.87. The molecule has 0 saturated carbocycles. The van der Waals surface area contributed by atoms with Gasteiger partial charge in [-0.1, -0.05) is 18.2 Å². The average Bonchev–Trinajstić information content (AvgIpc) is 2.77. The van der Waals surface area contributed by atoms with Gasteiger partial charge in [-0.2, -0.15) is 5.10 Å². The summed E-state index contributed by atoms with van der Waals surface area (Å²) in [5.74, 6) is 0. The van der Waals surface area contributed by atoms with E-state index >= 15 is 0 Å². The van der Waals surface area contributed by atoms with E-state index in [1.54, 1.807) is 7.11 Å². The molecule has 2 N–H and O–H groups in total. The fourth-order valence-corrected chi connectivity index (χ4v) is 2.19. The first-order valence-corrected chi connectivity index (χ1v) is 6.74. The smallest absolute Gasteiger partial charge is 0.0776 e. The molecule has 1 aromatic carbocycles. The van der Waals surface area contributed by atoms with E-state index in [-0.39, 0.29) is 11.6 Å². The van der Waals surface area contributed by atoms with Crippen LogP contribution in [0.2, 0.25) is 0 Å². The maximum atomic E-state index is 6.26. The Bertz CT molecular complexity index is 560. The molecule has 1 atom stereocenters. The number of rotatable bonds is 5. The van der Waals surface area contributed by atoms with E-state index in [0.29, 0.717) is 6.42 Å². The predicted molar refractivity (Wildman–Crippen MR) is 78.2 cm³/mol. The van der Waals surface area contributed by atoms with Crippen molar-refractivity contribution in [2.24, 2.45) is 5.73 Å². The first kappa shape index (κ1) is 14.0. The molecule has 4 heteroatoms. The van der Waals surface area contributed by atoms with Gasteiger partial charge in [0.05, 0.1) is 16.8 Å². The third kappa shape index (κ3) is 2.65. The van der Waals surface area contributed by atoms with Gasteiger partial charge in [-0.3, -0.25) is 4.68 Å². The van der Waals surface area contributed by atoms with E-state index in [2.05, 4.69) is 24.2 Å². The van der Waals surface area contributed by atoms with E-state index in [0.717, 1.165) is 12.2 Å². The highest BCUT2D eigenvalue weighted by atomic mass is 16.5. The van der Waals surface area contributed by atoms with Gasteiger partial charge in [-0.05, 0) is 26.8 Å². The standard InChI is InChI=1S/C15H23N3O/c1-5-18-13-9-7-6-8-11(13)12(17-18)10-14(16)15(2,3)19-4/h6-9,14H,5,10,16H2,1-4H3. The molecule has 0 spiro atoms. The lowest BCUT2D eigenvalue weighted by Crippen LogP contribution is -2.46. The predicted octanol–water partition coefficient (Wildman–Crippen LogP) is 2.35. The molecule has 104 valence electrons. The zero-order valence-corrected chi connectivity index (χ0v) is 12.2. The van der Waals surface area contributed by atoms with Gasteiger partial charge in [-0.25, -0.2) is 0 Å². The molecule has 19 heavy (non-hydrogen) atoms. The second kappa shape index (κ2) is 5.31. The van der Waals surface area contributed by atoms with Crippen LogP contribution in [0.25, 0.3) is 10.9 Å². The van der Waals surface area contributed by atoms with Crippen LogP contribution in [0.1, 0.15) is 26.5 Å². The summed E-state index contributed by atoms with van der Waals surface area (Å²) in [7, 11) is 1.70. The summed E-state index contributed by atoms with van der Waals surface area (Å²) in [6, 6.07) is 8.21. The van der Waals surface area contributed by atoms with Crippen LogP contribution in [0.4, 0.5) is 0 Å². The van der Waals surface area contributed by atoms with Crippen LogP contribution >= 0.6 is 0 Å². The number of benzene rings is 1. The summed E-state index contributed by atoms with van der Waals surface area (Å²) in [5.41, 5.74) is 8.13. The Hall–Kier alpha value is -1.39. The Morgan fingerprint density at radius 1 is 1.37 bits per heavy atom. The Labute approximate surface area is 114 Å². The SMILES string of the molecule is CCn1nc(CC(N)C(C)(C)OC)c2ccccc21. The van der Waals surface area contributed by atoms with Gasteiger partial charge in [0.25, 0.3) is 0 Å². The fourth-order valence-electron chi connectivity index (χ4n) is 2.19. The van der Waals surface area contributed by atoms with Crippen molar-refractivity contribution < 1.29 is 4.74 Å². The molecule has 2 aromatic rings. The highest BCUT2D eigenvalue weighted by Gasteiger charge is 2.27. The molecular weight excluding hydrogens is 238 g/mol. The molecule has 4 nitrogen and oxygen atoms in total. The molecule has 0 bridgehead atoms. The number of para-hydroxylation sites is 1. The molecule has 1 heterocycles. The van der Waals surface area contributed by atoms with Crippen LogP contribution < -0.4 is 5.73 Å². The lowest BCUT2D eigenvalue weighted by molar-refractivity contribution is 0.000624. The number of hydrogen-bond acceptors (Lipinski definition) is 3. The third-order valence-electron chi connectivity index (χ3n) is 3.87. The number of methoxy groups -OCH3 is 1. The maximum Gasteiger partial charge on any atom is 0.0776 e. The average molecular weight is 261 g/mol. The highest BCUT2D eigenvalue weighted by Crippen LogP contribution is 2.22. The van der Waals surface area contributed by atoms with Crippen molar-refractivity contribution in [2.45, 2.75) is 45.4 Å². The van der Waals surface area contributed by atoms with Crippen LogP contribution in [0, 0.1) is 0 Å². The van der Waals surface area contributed by atoms with Gasteiger partial charge in [-0.15, -0.1) is 0 Å². The minimum absolute atomic E-state index is 0.0823. The van der Waals surface area contributed by atoms with Crippen LogP contribution in [-0.2, 0) is 17.7 Å². The number of hydrogen-bond donors (Lipinski definition) is 1. The topological polar surface area (TPSA) is 53.1 Å². The quantitative estimate of drug-likeness (QED) is 0.899. The van der Waals surface area contributed by atoms with Crippen LogP contribution in [0.3, 0.4) is 0 Å². The zero-order valence-electron chi connectivity index (χ0n) is 12.2. The summed E-state index contributed by atoms with van der Waals surface area (Å²) in [6.45, 7) is 6.99. The summed E-state index contributed by atoms with van der Waals surface area (Å²) in [5, 5.41) is 5.86. The van der Waals surface area contributed by atoms with Crippen molar-refractivity contribution in [3.8, 4) is 0 Å². The number of aromatic nitrogens is 2. The number of nitrogens with zero attached hydrogens (tertiary/aromatic N) is 2. The van der Waals surface area contributed by atoms with E-state index in [1.165, 1.54) is 10.9 Å². The first-order valence-electron chi connectivity index (χ1n) is 6.74. The minimum atomic E-state index is -0.350. The Balaban J connectivity index is 2.36. The van der Waals surface area contributed by atoms with E-state index in [4.69, 9.17) is 10.5 Å². The molecule has 0 radical (unpaired) electrons. The van der Waals surface area contributed by atoms with Gasteiger partial charge in [0.15, 0.2) is 0 Å². The zero-order chi connectivity index (χ0) is 14.0. The fraction of sp³-hybridized carbons (Fsp3) is 0.533. The summed E-state index contributed by atoms with van der Waals surface area (Å²) < 4.78 is 7.48. The monoisotopic (exact) mass is 261 g/mol. The molecular formula is C15H23N3O. The van der Waals surface area contributed by atoms with E-state index in [9.17, 15) is 0 Å². The molecule has 0 aliphatic rings. The number of fused-ring (bicyclic) bond motifs is 1. The van der Waals surface area contributed by atoms with Crippen molar-refractivity contribution in [2.75, 3.05) is 7.11 Å². The van der Waals surface area contributed by atoms with Crippen molar-refractivity contribution in [3.63, 3.8) is 0 Å². The van der Waals surface area contributed by atoms with Gasteiger partial charge in [0.1, 0.15) is 0 Å². The van der Waals surface area contributed by atoms with Crippen molar-refractivity contribution >= 4 is 10.9 Å². The van der Waals surface area contributed by atoms with Crippen LogP contribution in [0.5, 0.6) is 0 Å². The molecule has 2 rings (SSSR count). The molecule has 0 amide bonds. The second-order valence-corrected chi connectivity index (χ2v) is 5.40.